The van der Waals surface area contributed by atoms with E-state index in [1.807, 2.05) is 0 Å². The minimum Gasteiger partial charge on any atom is -0.432 e. The number of halogens is 2. The van der Waals surface area contributed by atoms with E-state index in [2.05, 4.69) is 15.9 Å². The van der Waals surface area contributed by atoms with Crippen LogP contribution in [0, 0.1) is 0 Å². The van der Waals surface area contributed by atoms with Gasteiger partial charge in [-0.25, -0.2) is 22.3 Å². The van der Waals surface area contributed by atoms with E-state index in [0.717, 1.165) is 6.07 Å². The van der Waals surface area contributed by atoms with Crippen LogP contribution < -0.4 is 4.31 Å². The Morgan fingerprint density at radius 3 is 1.98 bits per heavy atom. The second-order valence-corrected chi connectivity index (χ2v) is 14.9. The number of carbonyl (C=O) groups is 2. The van der Waals surface area contributed by atoms with Crippen molar-refractivity contribution in [3.63, 3.8) is 0 Å². The Bertz CT molecular complexity index is 1590. The lowest BCUT2D eigenvalue weighted by Crippen LogP contribution is -2.58. The lowest BCUT2D eigenvalue weighted by Gasteiger charge is -2.43. The number of anilines is 1. The van der Waals surface area contributed by atoms with Gasteiger partial charge in [-0.2, -0.15) is 0 Å². The molecule has 0 spiro atoms. The fourth-order valence-corrected chi connectivity index (χ4v) is 8.25. The van der Waals surface area contributed by atoms with Crippen LogP contribution in [0.15, 0.2) is 70.0 Å². The van der Waals surface area contributed by atoms with Gasteiger partial charge in [-0.1, -0.05) is 63.9 Å². The predicted octanol–water partition coefficient (Wildman–Crippen LogP) is 6.45. The normalized spacial score (nSPS) is 12.3. The first-order valence-corrected chi connectivity index (χ1v) is 16.9. The van der Waals surface area contributed by atoms with Gasteiger partial charge >= 0.3 is 19.9 Å². The second-order valence-electron chi connectivity index (χ2n) is 9.81. The standard InChI is InChI=1S/C27H30BrClNO11PS/c1-17(2)40-25(31)38-15-27(42(33,34)35,16-39-26(32)41-18(3)4)30(24-11-7-9-19-8-5-6-10-23(19)24)43(36,37)22-13-20(28)12-21(29)14-22/h5-14,17-18H,15-16H2,1-4H3,(H2,33,34,35). The van der Waals surface area contributed by atoms with E-state index in [1.165, 1.54) is 58.0 Å². The van der Waals surface area contributed by atoms with Crippen LogP contribution in [0.2, 0.25) is 5.02 Å². The van der Waals surface area contributed by atoms with Crippen molar-refractivity contribution in [2.24, 2.45) is 0 Å². The average molecular weight is 723 g/mol. The molecular formula is C27H30BrClNO11PS. The maximum absolute atomic E-state index is 14.6. The quantitative estimate of drug-likeness (QED) is 0.165. The molecule has 0 atom stereocenters. The van der Waals surface area contributed by atoms with Gasteiger partial charge in [0, 0.05) is 14.9 Å². The molecule has 0 saturated carbocycles. The zero-order valence-corrected chi connectivity index (χ0v) is 27.5. The SMILES string of the molecule is CC(C)OC(=O)OCC(COC(=O)OC(C)C)(N(c1cccc2ccccc12)S(=O)(=O)c1cc(Cl)cc(Br)c1)P(=O)(O)O. The summed E-state index contributed by atoms with van der Waals surface area (Å²) in [5.74, 6) is 0. The van der Waals surface area contributed by atoms with Crippen LogP contribution in [-0.4, -0.2) is 61.2 Å². The molecule has 0 aromatic heterocycles. The molecule has 0 fully saturated rings. The summed E-state index contributed by atoms with van der Waals surface area (Å²) in [7, 11) is -10.8. The summed E-state index contributed by atoms with van der Waals surface area (Å²) in [6.07, 6.45) is -4.07. The van der Waals surface area contributed by atoms with Gasteiger partial charge in [0.2, 0.25) is 5.28 Å². The van der Waals surface area contributed by atoms with E-state index >= 15 is 0 Å². The van der Waals surface area contributed by atoms with Crippen LogP contribution in [0.5, 0.6) is 0 Å². The van der Waals surface area contributed by atoms with Crippen molar-refractivity contribution in [1.82, 2.24) is 0 Å². The topological polar surface area (TPSA) is 166 Å². The molecule has 3 aromatic rings. The van der Waals surface area contributed by atoms with Crippen molar-refractivity contribution in [3.8, 4) is 0 Å². The first kappa shape index (κ1) is 34.6. The predicted molar refractivity (Wildman–Crippen MR) is 163 cm³/mol. The van der Waals surface area contributed by atoms with Gasteiger partial charge in [0.05, 0.1) is 22.8 Å². The summed E-state index contributed by atoms with van der Waals surface area (Å²) in [5.41, 5.74) is -0.223. The van der Waals surface area contributed by atoms with E-state index in [9.17, 15) is 32.4 Å². The molecule has 0 aliphatic rings. The molecule has 0 radical (unpaired) electrons. The van der Waals surface area contributed by atoms with Crippen LogP contribution in [0.25, 0.3) is 10.8 Å². The summed E-state index contributed by atoms with van der Waals surface area (Å²) in [4.78, 5) is 46.4. The molecule has 0 unspecified atom stereocenters. The third-order valence-corrected chi connectivity index (χ3v) is 10.00. The highest BCUT2D eigenvalue weighted by Gasteiger charge is 2.59. The van der Waals surface area contributed by atoms with E-state index in [0.29, 0.717) is 9.69 Å². The molecule has 0 bridgehead atoms. The summed E-state index contributed by atoms with van der Waals surface area (Å²) in [6.45, 7) is 3.42. The summed E-state index contributed by atoms with van der Waals surface area (Å²) < 4.78 is 63.5. The molecule has 234 valence electrons. The molecule has 12 nitrogen and oxygen atoms in total. The maximum atomic E-state index is 14.6. The Morgan fingerprint density at radius 1 is 0.930 bits per heavy atom. The molecule has 0 amide bonds. The summed E-state index contributed by atoms with van der Waals surface area (Å²) in [6, 6.07) is 14.6. The number of hydrogen-bond donors (Lipinski definition) is 2. The number of benzene rings is 3. The van der Waals surface area contributed by atoms with Crippen molar-refractivity contribution < 1.29 is 51.3 Å². The number of sulfonamides is 1. The average Bonchev–Trinajstić information content (AvgIpc) is 2.88. The van der Waals surface area contributed by atoms with E-state index in [-0.39, 0.29) is 20.6 Å². The Balaban J connectivity index is 2.41. The van der Waals surface area contributed by atoms with Gasteiger partial charge < -0.3 is 28.7 Å². The monoisotopic (exact) mass is 721 g/mol. The Labute approximate surface area is 262 Å². The first-order valence-electron chi connectivity index (χ1n) is 12.7. The van der Waals surface area contributed by atoms with E-state index < -0.39 is 65.5 Å². The van der Waals surface area contributed by atoms with Gasteiger partial charge in [-0.05, 0) is 57.3 Å². The van der Waals surface area contributed by atoms with Crippen LogP contribution >= 0.6 is 35.1 Å². The smallest absolute Gasteiger partial charge is 0.432 e. The fourth-order valence-electron chi connectivity index (χ4n) is 3.99. The van der Waals surface area contributed by atoms with E-state index in [1.54, 1.807) is 24.3 Å². The highest BCUT2D eigenvalue weighted by atomic mass is 79.9. The van der Waals surface area contributed by atoms with Gasteiger partial charge in [-0.15, -0.1) is 0 Å². The molecule has 3 rings (SSSR count). The second kappa shape index (κ2) is 13.8. The van der Waals surface area contributed by atoms with Crippen LogP contribution in [-0.2, 0) is 33.5 Å². The zero-order valence-electron chi connectivity index (χ0n) is 23.5. The van der Waals surface area contributed by atoms with Gasteiger partial charge in [0.15, 0.2) is 0 Å². The third kappa shape index (κ3) is 8.20. The largest absolute Gasteiger partial charge is 0.508 e. The van der Waals surface area contributed by atoms with Gasteiger partial charge in [0.25, 0.3) is 10.0 Å². The fraction of sp³-hybridized carbons (Fsp3) is 0.333. The molecule has 43 heavy (non-hydrogen) atoms. The van der Waals surface area contributed by atoms with Gasteiger partial charge in [0.1, 0.15) is 13.2 Å². The first-order chi connectivity index (χ1) is 20.0. The lowest BCUT2D eigenvalue weighted by atomic mass is 10.1. The van der Waals surface area contributed by atoms with Crippen molar-refractivity contribution in [2.45, 2.75) is 50.1 Å². The third-order valence-electron chi connectivity index (χ3n) is 5.79. The van der Waals surface area contributed by atoms with Crippen LogP contribution in [0.4, 0.5) is 15.3 Å². The molecular weight excluding hydrogens is 693 g/mol. The number of nitrogens with zero attached hydrogens (tertiary/aromatic N) is 1. The molecule has 16 heteroatoms. The Morgan fingerprint density at radius 2 is 1.47 bits per heavy atom. The number of ether oxygens (including phenoxy) is 4. The van der Waals surface area contributed by atoms with Crippen LogP contribution in [0.1, 0.15) is 27.7 Å². The number of fused-ring (bicyclic) bond motifs is 1. The summed E-state index contributed by atoms with van der Waals surface area (Å²) >= 11 is 9.36. The molecule has 2 N–H and O–H groups in total. The number of rotatable bonds is 11. The molecule has 0 saturated heterocycles. The molecule has 0 heterocycles. The van der Waals surface area contributed by atoms with Crippen molar-refractivity contribution >= 4 is 73.9 Å². The lowest BCUT2D eigenvalue weighted by molar-refractivity contribution is 0.00559. The number of hydrogen-bond acceptors (Lipinski definition) is 9. The van der Waals surface area contributed by atoms with Crippen molar-refractivity contribution in [1.29, 1.82) is 0 Å². The molecule has 0 aliphatic heterocycles. The Hall–Kier alpha value is -2.87. The zero-order chi connectivity index (χ0) is 32.2. The highest BCUT2D eigenvalue weighted by Crippen LogP contribution is 2.56. The minimum atomic E-state index is -5.79. The maximum Gasteiger partial charge on any atom is 0.508 e. The summed E-state index contributed by atoms with van der Waals surface area (Å²) in [5, 5.41) is -2.33. The molecule has 3 aromatic carbocycles. The number of carbonyl (C=O) groups excluding carboxylic acids is 2. The minimum absolute atomic E-state index is 0.0129. The van der Waals surface area contributed by atoms with Crippen LogP contribution in [0.3, 0.4) is 0 Å². The highest BCUT2D eigenvalue weighted by molar-refractivity contribution is 9.10. The molecule has 0 aliphatic carbocycles. The van der Waals surface area contributed by atoms with E-state index in [4.69, 9.17) is 30.5 Å². The van der Waals surface area contributed by atoms with Gasteiger partial charge in [-0.3, -0.25) is 4.57 Å². The van der Waals surface area contributed by atoms with Crippen molar-refractivity contribution in [2.75, 3.05) is 17.5 Å². The Kier molecular flexibility index (Phi) is 11.1. The van der Waals surface area contributed by atoms with Crippen molar-refractivity contribution in [3.05, 3.63) is 70.2 Å².